The van der Waals surface area contributed by atoms with E-state index in [1.807, 2.05) is 29.2 Å². The number of nitriles is 1. The summed E-state index contributed by atoms with van der Waals surface area (Å²) in [6.07, 6.45) is 4.87. The van der Waals surface area contributed by atoms with E-state index < -0.39 is 0 Å². The first-order chi connectivity index (χ1) is 13.7. The maximum Gasteiger partial charge on any atom is 0.222 e. The fourth-order valence-corrected chi connectivity index (χ4v) is 3.77. The van der Waals surface area contributed by atoms with E-state index in [1.54, 1.807) is 18.3 Å². The number of rotatable bonds is 4. The third-order valence-electron chi connectivity index (χ3n) is 5.46. The van der Waals surface area contributed by atoms with Crippen LogP contribution < -0.4 is 0 Å². The number of aryl methyl sites for hydroxylation is 1. The van der Waals surface area contributed by atoms with Crippen molar-refractivity contribution in [3.63, 3.8) is 0 Å². The lowest BCUT2D eigenvalue weighted by Crippen LogP contribution is -2.38. The first kappa shape index (κ1) is 18.1. The van der Waals surface area contributed by atoms with Crippen LogP contribution in [0.4, 0.5) is 0 Å². The highest BCUT2D eigenvalue weighted by Gasteiger charge is 2.24. The van der Waals surface area contributed by atoms with Crippen LogP contribution in [0.5, 0.6) is 0 Å². The number of aromatic nitrogens is 2. The Balaban J connectivity index is 1.31. The van der Waals surface area contributed by atoms with E-state index in [0.29, 0.717) is 24.3 Å². The molecule has 0 N–H and O–H groups in total. The molecule has 0 spiro atoms. The van der Waals surface area contributed by atoms with Crippen molar-refractivity contribution in [3.8, 4) is 6.07 Å². The zero-order valence-corrected chi connectivity index (χ0v) is 15.7. The van der Waals surface area contributed by atoms with Gasteiger partial charge in [-0.25, -0.2) is 9.97 Å². The number of amides is 1. The highest BCUT2D eigenvalue weighted by molar-refractivity contribution is 5.76. The van der Waals surface area contributed by atoms with Crippen LogP contribution in [0.25, 0.3) is 11.0 Å². The zero-order chi connectivity index (χ0) is 19.3. The van der Waals surface area contributed by atoms with E-state index in [9.17, 15) is 4.79 Å². The molecule has 1 aromatic carbocycles. The first-order valence-corrected chi connectivity index (χ1v) is 9.71. The van der Waals surface area contributed by atoms with Crippen molar-refractivity contribution in [2.75, 3.05) is 13.1 Å². The molecule has 4 rings (SSSR count). The highest BCUT2D eigenvalue weighted by atomic mass is 16.2. The van der Waals surface area contributed by atoms with Gasteiger partial charge in [-0.3, -0.25) is 4.79 Å². The molecule has 0 unspecified atom stereocenters. The lowest BCUT2D eigenvalue weighted by Gasteiger charge is -2.32. The number of benzene rings is 1. The molecule has 2 aromatic heterocycles. The van der Waals surface area contributed by atoms with E-state index in [2.05, 4.69) is 23.2 Å². The van der Waals surface area contributed by atoms with Gasteiger partial charge in [-0.1, -0.05) is 12.1 Å². The number of carbonyl (C=O) groups excluding carboxylic acids is 1. The molecule has 1 saturated heterocycles. The Bertz CT molecular complexity index is 1010. The third kappa shape index (κ3) is 4.01. The molecule has 0 saturated carbocycles. The Morgan fingerprint density at radius 1 is 1.11 bits per heavy atom. The largest absolute Gasteiger partial charge is 0.343 e. The minimum absolute atomic E-state index is 0.205. The molecule has 5 heteroatoms. The van der Waals surface area contributed by atoms with Gasteiger partial charge in [0, 0.05) is 42.7 Å². The van der Waals surface area contributed by atoms with Gasteiger partial charge in [-0.15, -0.1) is 0 Å². The van der Waals surface area contributed by atoms with Crippen LogP contribution in [0.15, 0.2) is 54.7 Å². The maximum atomic E-state index is 12.6. The molecule has 28 heavy (non-hydrogen) atoms. The summed E-state index contributed by atoms with van der Waals surface area (Å²) >= 11 is 0. The van der Waals surface area contributed by atoms with E-state index in [1.165, 1.54) is 0 Å². The SMILES string of the molecule is N#Cc1ccc(CCC(=O)N2CCC(c3ccc4cccnc4n3)CC2)cc1. The highest BCUT2D eigenvalue weighted by Crippen LogP contribution is 2.28. The van der Waals surface area contributed by atoms with Crippen molar-refractivity contribution >= 4 is 16.9 Å². The predicted octanol–water partition coefficient (Wildman–Crippen LogP) is 3.84. The number of carbonyl (C=O) groups is 1. The third-order valence-corrected chi connectivity index (χ3v) is 5.46. The van der Waals surface area contributed by atoms with E-state index in [4.69, 9.17) is 10.2 Å². The van der Waals surface area contributed by atoms with Crippen LogP contribution in [-0.4, -0.2) is 33.9 Å². The van der Waals surface area contributed by atoms with Crippen molar-refractivity contribution in [2.24, 2.45) is 0 Å². The van der Waals surface area contributed by atoms with Gasteiger partial charge < -0.3 is 4.90 Å². The summed E-state index contributed by atoms with van der Waals surface area (Å²) in [5.41, 5.74) is 3.61. The van der Waals surface area contributed by atoms with Gasteiger partial charge in [-0.05, 0) is 61.2 Å². The summed E-state index contributed by atoms with van der Waals surface area (Å²) in [6, 6.07) is 17.7. The normalized spacial score (nSPS) is 14.8. The first-order valence-electron chi connectivity index (χ1n) is 9.71. The zero-order valence-electron chi connectivity index (χ0n) is 15.7. The molecule has 0 bridgehead atoms. The molecule has 1 aliphatic rings. The fourth-order valence-electron chi connectivity index (χ4n) is 3.77. The standard InChI is InChI=1S/C23H22N4O/c24-16-18-5-3-17(4-6-18)7-10-22(28)27-14-11-19(12-15-27)21-9-8-20-2-1-13-25-23(20)26-21/h1-6,8-9,13,19H,7,10-12,14-15H2. The number of hydrogen-bond donors (Lipinski definition) is 0. The van der Waals surface area contributed by atoms with Crippen molar-refractivity contribution in [1.82, 2.24) is 14.9 Å². The van der Waals surface area contributed by atoms with Crippen molar-refractivity contribution in [1.29, 1.82) is 5.26 Å². The Labute approximate surface area is 164 Å². The monoisotopic (exact) mass is 370 g/mol. The molecule has 1 amide bonds. The molecule has 1 fully saturated rings. The number of piperidine rings is 1. The number of hydrogen-bond acceptors (Lipinski definition) is 4. The smallest absolute Gasteiger partial charge is 0.222 e. The van der Waals surface area contributed by atoms with Gasteiger partial charge in [0.2, 0.25) is 5.91 Å². The van der Waals surface area contributed by atoms with Crippen LogP contribution in [0, 0.1) is 11.3 Å². The molecule has 3 heterocycles. The summed E-state index contributed by atoms with van der Waals surface area (Å²) in [5.74, 6) is 0.588. The lowest BCUT2D eigenvalue weighted by atomic mass is 9.92. The number of nitrogens with zero attached hydrogens (tertiary/aromatic N) is 4. The molecular weight excluding hydrogens is 348 g/mol. The molecule has 0 atom stereocenters. The molecular formula is C23H22N4O. The second-order valence-electron chi connectivity index (χ2n) is 7.25. The second-order valence-corrected chi connectivity index (χ2v) is 7.25. The van der Waals surface area contributed by atoms with Gasteiger partial charge in [0.25, 0.3) is 0 Å². The van der Waals surface area contributed by atoms with E-state index in [0.717, 1.165) is 48.2 Å². The summed E-state index contributed by atoms with van der Waals surface area (Å²) in [7, 11) is 0. The van der Waals surface area contributed by atoms with Crippen LogP contribution in [0.1, 0.15) is 42.0 Å². The number of likely N-dealkylation sites (tertiary alicyclic amines) is 1. The molecule has 0 radical (unpaired) electrons. The molecule has 3 aromatic rings. The van der Waals surface area contributed by atoms with Crippen LogP contribution in [0.2, 0.25) is 0 Å². The van der Waals surface area contributed by atoms with Gasteiger partial charge >= 0.3 is 0 Å². The molecule has 1 aliphatic heterocycles. The van der Waals surface area contributed by atoms with Crippen LogP contribution in [-0.2, 0) is 11.2 Å². The number of fused-ring (bicyclic) bond motifs is 1. The summed E-state index contributed by atoms with van der Waals surface area (Å²) < 4.78 is 0. The predicted molar refractivity (Wildman–Crippen MR) is 108 cm³/mol. The summed E-state index contributed by atoms with van der Waals surface area (Å²) in [6.45, 7) is 1.55. The minimum Gasteiger partial charge on any atom is -0.343 e. The topological polar surface area (TPSA) is 69.9 Å². The number of pyridine rings is 2. The molecule has 0 aliphatic carbocycles. The quantitative estimate of drug-likeness (QED) is 0.700. The van der Waals surface area contributed by atoms with Crippen molar-refractivity contribution in [3.05, 3.63) is 71.5 Å². The minimum atomic E-state index is 0.205. The van der Waals surface area contributed by atoms with Gasteiger partial charge in [0.05, 0.1) is 11.6 Å². The molecule has 5 nitrogen and oxygen atoms in total. The maximum absolute atomic E-state index is 12.6. The van der Waals surface area contributed by atoms with Gasteiger partial charge in [0.15, 0.2) is 5.65 Å². The Morgan fingerprint density at radius 2 is 1.89 bits per heavy atom. The van der Waals surface area contributed by atoms with E-state index >= 15 is 0 Å². The summed E-state index contributed by atoms with van der Waals surface area (Å²) in [4.78, 5) is 23.6. The molecule has 140 valence electrons. The van der Waals surface area contributed by atoms with Gasteiger partial charge in [-0.2, -0.15) is 5.26 Å². The van der Waals surface area contributed by atoms with Crippen LogP contribution in [0.3, 0.4) is 0 Å². The Kier molecular flexibility index (Phi) is 5.29. The van der Waals surface area contributed by atoms with Gasteiger partial charge in [0.1, 0.15) is 0 Å². The lowest BCUT2D eigenvalue weighted by molar-refractivity contribution is -0.132. The van der Waals surface area contributed by atoms with Crippen LogP contribution >= 0.6 is 0 Å². The summed E-state index contributed by atoms with van der Waals surface area (Å²) in [5, 5.41) is 9.91. The average molecular weight is 370 g/mol. The Morgan fingerprint density at radius 3 is 2.64 bits per heavy atom. The van der Waals surface area contributed by atoms with Crippen molar-refractivity contribution < 1.29 is 4.79 Å². The fraction of sp³-hybridized carbons (Fsp3) is 0.304. The second kappa shape index (κ2) is 8.18. The van der Waals surface area contributed by atoms with E-state index in [-0.39, 0.29) is 5.91 Å². The Hall–Kier alpha value is -3.26. The van der Waals surface area contributed by atoms with Crippen molar-refractivity contribution in [2.45, 2.75) is 31.6 Å². The average Bonchev–Trinajstić information content (AvgIpc) is 2.77.